The van der Waals surface area contributed by atoms with Crippen LogP contribution >= 0.6 is 24.0 Å². The van der Waals surface area contributed by atoms with Crippen LogP contribution in [0.5, 0.6) is 0 Å². The molecule has 0 amide bonds. The number of rotatable bonds is 9. The van der Waals surface area contributed by atoms with Gasteiger partial charge in [0.05, 0.1) is 7.11 Å². The minimum atomic E-state index is -0.284. The van der Waals surface area contributed by atoms with Crippen LogP contribution in [0.25, 0.3) is 0 Å². The first kappa shape index (κ1) is 24.4. The molecule has 158 valence electrons. The summed E-state index contributed by atoms with van der Waals surface area (Å²) in [7, 11) is 3.16. The number of nitrogens with one attached hydrogen (secondary N) is 2. The van der Waals surface area contributed by atoms with Gasteiger partial charge in [-0.3, -0.25) is 9.79 Å². The van der Waals surface area contributed by atoms with Crippen molar-refractivity contribution >= 4 is 41.7 Å². The number of methoxy groups -OCH3 is 1. The van der Waals surface area contributed by atoms with Gasteiger partial charge in [-0.1, -0.05) is 12.8 Å². The Morgan fingerprint density at radius 1 is 1.39 bits per heavy atom. The van der Waals surface area contributed by atoms with Crippen molar-refractivity contribution < 1.29 is 13.9 Å². The number of aliphatic imine (C=N–C) groups is 1. The van der Waals surface area contributed by atoms with Gasteiger partial charge in [0.25, 0.3) is 0 Å². The molecule has 1 atom stereocenters. The number of hydrogen-bond donors (Lipinski definition) is 2. The van der Waals surface area contributed by atoms with E-state index in [1.807, 2.05) is 4.90 Å². The van der Waals surface area contributed by atoms with Gasteiger partial charge in [-0.05, 0) is 31.4 Å². The minimum absolute atomic E-state index is 0. The quantitative estimate of drug-likeness (QED) is 0.176. The van der Waals surface area contributed by atoms with Gasteiger partial charge in [0, 0.05) is 45.3 Å². The van der Waals surface area contributed by atoms with Gasteiger partial charge in [0.1, 0.15) is 0 Å². The van der Waals surface area contributed by atoms with Crippen molar-refractivity contribution in [1.29, 1.82) is 0 Å². The molecular weight excluding hydrogens is 476 g/mol. The maximum Gasteiger partial charge on any atom is 0.305 e. The second kappa shape index (κ2) is 13.5. The highest BCUT2D eigenvalue weighted by molar-refractivity contribution is 14.0. The number of carbonyl (C=O) groups excluding carboxylic acids is 1. The monoisotopic (exact) mass is 507 g/mol. The summed E-state index contributed by atoms with van der Waals surface area (Å²) < 4.78 is 18.5. The number of esters is 1. The molecule has 2 rings (SSSR count). The summed E-state index contributed by atoms with van der Waals surface area (Å²) in [4.78, 5) is 21.4. The van der Waals surface area contributed by atoms with E-state index in [0.29, 0.717) is 18.8 Å². The maximum absolute atomic E-state index is 13.9. The van der Waals surface area contributed by atoms with Crippen molar-refractivity contribution in [2.75, 3.05) is 38.7 Å². The van der Waals surface area contributed by atoms with Gasteiger partial charge < -0.3 is 20.3 Å². The first-order valence-electron chi connectivity index (χ1n) is 9.53. The molecule has 1 aliphatic rings. The lowest BCUT2D eigenvalue weighted by atomic mass is 10.1. The fourth-order valence-electron chi connectivity index (χ4n) is 3.13. The molecule has 0 saturated carbocycles. The summed E-state index contributed by atoms with van der Waals surface area (Å²) >= 11 is 0. The zero-order valence-corrected chi connectivity index (χ0v) is 18.9. The number of halogens is 2. The highest BCUT2D eigenvalue weighted by Crippen LogP contribution is 2.20. The zero-order valence-electron chi connectivity index (χ0n) is 16.6. The van der Waals surface area contributed by atoms with Crippen LogP contribution in [0.4, 0.5) is 10.2 Å². The van der Waals surface area contributed by atoms with Crippen LogP contribution in [0.2, 0.25) is 0 Å². The van der Waals surface area contributed by atoms with E-state index in [0.717, 1.165) is 51.2 Å². The van der Waals surface area contributed by atoms with Crippen LogP contribution < -0.4 is 15.5 Å². The summed E-state index contributed by atoms with van der Waals surface area (Å²) in [5.74, 6) is 0.747. The van der Waals surface area contributed by atoms with Gasteiger partial charge in [-0.2, -0.15) is 0 Å². The molecule has 9 heteroatoms. The lowest BCUT2D eigenvalue weighted by molar-refractivity contribution is -0.140. The van der Waals surface area contributed by atoms with Crippen molar-refractivity contribution in [3.05, 3.63) is 24.1 Å². The Hall–Kier alpha value is -1.65. The fraction of sp³-hybridized carbons (Fsp3) is 0.632. The van der Waals surface area contributed by atoms with Crippen molar-refractivity contribution in [2.45, 2.75) is 44.6 Å². The first-order chi connectivity index (χ1) is 13.1. The number of anilines is 1. The molecule has 0 aromatic carbocycles. The molecule has 2 heterocycles. The average Bonchev–Trinajstić information content (AvgIpc) is 3.14. The maximum atomic E-state index is 13.9. The molecule has 0 radical (unpaired) electrons. The second-order valence-electron chi connectivity index (χ2n) is 6.62. The van der Waals surface area contributed by atoms with Crippen LogP contribution in [0.1, 0.15) is 38.5 Å². The number of aromatic nitrogens is 1. The molecule has 0 aliphatic carbocycles. The summed E-state index contributed by atoms with van der Waals surface area (Å²) in [6.45, 7) is 2.29. The van der Waals surface area contributed by atoms with E-state index in [4.69, 9.17) is 0 Å². The van der Waals surface area contributed by atoms with Gasteiger partial charge in [-0.15, -0.1) is 24.0 Å². The fourth-order valence-corrected chi connectivity index (χ4v) is 3.13. The minimum Gasteiger partial charge on any atom is -0.469 e. The molecule has 1 aliphatic heterocycles. The molecule has 1 aromatic rings. The molecule has 1 unspecified atom stereocenters. The largest absolute Gasteiger partial charge is 0.469 e. The SMILES string of the molecule is CN=C(NCCCCCCC(=O)OC)NC1CCN(c2ncccc2F)C1.I. The molecule has 1 fully saturated rings. The third kappa shape index (κ3) is 8.15. The molecule has 1 aromatic heterocycles. The van der Waals surface area contributed by atoms with Crippen LogP contribution in [0.3, 0.4) is 0 Å². The number of nitrogens with zero attached hydrogens (tertiary/aromatic N) is 3. The Morgan fingerprint density at radius 2 is 2.18 bits per heavy atom. The highest BCUT2D eigenvalue weighted by Gasteiger charge is 2.25. The van der Waals surface area contributed by atoms with Crippen molar-refractivity contribution in [2.24, 2.45) is 4.99 Å². The zero-order chi connectivity index (χ0) is 19.5. The predicted octanol–water partition coefficient (Wildman–Crippen LogP) is 2.71. The molecule has 7 nitrogen and oxygen atoms in total. The average molecular weight is 507 g/mol. The van der Waals surface area contributed by atoms with Crippen LogP contribution in [-0.2, 0) is 9.53 Å². The summed E-state index contributed by atoms with van der Waals surface area (Å²) in [6, 6.07) is 3.25. The van der Waals surface area contributed by atoms with Crippen molar-refractivity contribution in [3.8, 4) is 0 Å². The van der Waals surface area contributed by atoms with Gasteiger partial charge in [-0.25, -0.2) is 9.37 Å². The molecule has 0 spiro atoms. The van der Waals surface area contributed by atoms with E-state index >= 15 is 0 Å². The number of carbonyl (C=O) groups is 1. The third-order valence-corrected chi connectivity index (χ3v) is 4.62. The Bertz CT molecular complexity index is 632. The molecular formula is C19H31FIN5O2. The molecule has 2 N–H and O–H groups in total. The molecule has 28 heavy (non-hydrogen) atoms. The van der Waals surface area contributed by atoms with Crippen LogP contribution in [0, 0.1) is 5.82 Å². The standard InChI is InChI=1S/C19H30FN5O2.HI/c1-21-19(23-11-6-4-3-5-9-17(26)27-2)24-15-10-13-25(14-15)18-16(20)8-7-12-22-18;/h7-8,12,15H,3-6,9-11,13-14H2,1-2H3,(H2,21,23,24);1H. The van der Waals surface area contributed by atoms with E-state index < -0.39 is 0 Å². The normalized spacial score (nSPS) is 16.5. The van der Waals surface area contributed by atoms with E-state index in [-0.39, 0.29) is 41.8 Å². The van der Waals surface area contributed by atoms with Crippen LogP contribution in [0.15, 0.2) is 23.3 Å². The molecule has 0 bridgehead atoms. The number of ether oxygens (including phenoxy) is 1. The summed E-state index contributed by atoms with van der Waals surface area (Å²) in [6.07, 6.45) is 6.95. The lowest BCUT2D eigenvalue weighted by Gasteiger charge is -2.20. The summed E-state index contributed by atoms with van der Waals surface area (Å²) in [5.41, 5.74) is 0. The van der Waals surface area contributed by atoms with E-state index in [9.17, 15) is 9.18 Å². The van der Waals surface area contributed by atoms with Gasteiger partial charge >= 0.3 is 5.97 Å². The van der Waals surface area contributed by atoms with Crippen molar-refractivity contribution in [3.63, 3.8) is 0 Å². The van der Waals surface area contributed by atoms with Gasteiger partial charge in [0.15, 0.2) is 17.6 Å². The van der Waals surface area contributed by atoms with Crippen LogP contribution in [-0.4, -0.2) is 56.7 Å². The van der Waals surface area contributed by atoms with Gasteiger partial charge in [0.2, 0.25) is 0 Å². The smallest absolute Gasteiger partial charge is 0.305 e. The number of unbranched alkanes of at least 4 members (excludes halogenated alkanes) is 3. The Kier molecular flexibility index (Phi) is 11.8. The highest BCUT2D eigenvalue weighted by atomic mass is 127. The van der Waals surface area contributed by atoms with Crippen molar-refractivity contribution in [1.82, 2.24) is 15.6 Å². The molecule has 1 saturated heterocycles. The Morgan fingerprint density at radius 3 is 2.89 bits per heavy atom. The van der Waals surface area contributed by atoms with E-state index in [1.165, 1.54) is 13.2 Å². The first-order valence-corrected chi connectivity index (χ1v) is 9.53. The topological polar surface area (TPSA) is 78.8 Å². The Balaban J connectivity index is 0.00000392. The summed E-state index contributed by atoms with van der Waals surface area (Å²) in [5, 5.41) is 6.71. The number of pyridine rings is 1. The number of hydrogen-bond acceptors (Lipinski definition) is 5. The Labute approximate surface area is 183 Å². The predicted molar refractivity (Wildman–Crippen MR) is 120 cm³/mol. The third-order valence-electron chi connectivity index (χ3n) is 4.62. The number of guanidine groups is 1. The second-order valence-corrected chi connectivity index (χ2v) is 6.62. The lowest BCUT2D eigenvalue weighted by Crippen LogP contribution is -2.45. The van der Waals surface area contributed by atoms with E-state index in [1.54, 1.807) is 19.3 Å². The van der Waals surface area contributed by atoms with E-state index in [2.05, 4.69) is 25.3 Å².